The number of hydrogen-bond acceptors (Lipinski definition) is 3. The molecule has 1 aliphatic heterocycles. The van der Waals surface area contributed by atoms with Crippen LogP contribution in [0.4, 0.5) is 0 Å². The van der Waals surface area contributed by atoms with E-state index in [1.807, 2.05) is 23.2 Å². The molecule has 0 spiro atoms. The summed E-state index contributed by atoms with van der Waals surface area (Å²) in [5.41, 5.74) is 3.06. The van der Waals surface area contributed by atoms with Crippen LogP contribution in [0.15, 0.2) is 59.7 Å². The van der Waals surface area contributed by atoms with Crippen molar-refractivity contribution in [2.45, 2.75) is 51.0 Å². The average Bonchev–Trinajstić information content (AvgIpc) is 3.24. The van der Waals surface area contributed by atoms with E-state index in [-0.39, 0.29) is 17.4 Å². The molecular weight excluding hydrogens is 384 g/mol. The van der Waals surface area contributed by atoms with Gasteiger partial charge in [-0.15, -0.1) is 0 Å². The van der Waals surface area contributed by atoms with Crippen molar-refractivity contribution in [1.82, 2.24) is 5.01 Å². The lowest BCUT2D eigenvalue weighted by Crippen LogP contribution is -2.53. The quantitative estimate of drug-likeness (QED) is 0.654. The standard InChI is InChI=1S/C27H30N2O2/c1-31-23-9-7-21(8-10-23)24-14-25(22-5-3-2-4-6-22)29(28-24)26(30)27-15-18-11-19(16-27)13-20(12-18)17-27/h2-10,18-20,25H,11-17H2,1H3/t18?,19?,20?,25-,27?/m0/s1. The topological polar surface area (TPSA) is 41.9 Å². The molecule has 4 saturated carbocycles. The molecule has 4 nitrogen and oxygen atoms in total. The third-order valence-corrected chi connectivity index (χ3v) is 8.22. The molecule has 4 bridgehead atoms. The number of ether oxygens (including phenoxy) is 1. The van der Waals surface area contributed by atoms with Crippen LogP contribution in [0.25, 0.3) is 0 Å². The van der Waals surface area contributed by atoms with Gasteiger partial charge in [-0.3, -0.25) is 4.79 Å². The summed E-state index contributed by atoms with van der Waals surface area (Å²) >= 11 is 0. The molecule has 1 heterocycles. The maximum absolute atomic E-state index is 14.2. The highest BCUT2D eigenvalue weighted by Gasteiger charge is 2.57. The molecule has 5 aliphatic rings. The van der Waals surface area contributed by atoms with Crippen molar-refractivity contribution >= 4 is 11.6 Å². The maximum atomic E-state index is 14.2. The van der Waals surface area contributed by atoms with E-state index >= 15 is 0 Å². The van der Waals surface area contributed by atoms with Gasteiger partial charge >= 0.3 is 0 Å². The summed E-state index contributed by atoms with van der Waals surface area (Å²) < 4.78 is 5.31. The summed E-state index contributed by atoms with van der Waals surface area (Å²) in [6.45, 7) is 0. The maximum Gasteiger partial charge on any atom is 0.249 e. The Morgan fingerprint density at radius 1 is 0.935 bits per heavy atom. The van der Waals surface area contributed by atoms with Crippen LogP contribution in [0.5, 0.6) is 5.75 Å². The summed E-state index contributed by atoms with van der Waals surface area (Å²) in [7, 11) is 1.68. The van der Waals surface area contributed by atoms with Gasteiger partial charge in [-0.05, 0) is 91.7 Å². The van der Waals surface area contributed by atoms with Gasteiger partial charge in [-0.1, -0.05) is 30.3 Å². The van der Waals surface area contributed by atoms with E-state index in [4.69, 9.17) is 9.84 Å². The molecule has 1 atom stereocenters. The molecule has 160 valence electrons. The fourth-order valence-corrected chi connectivity index (χ4v) is 7.21. The van der Waals surface area contributed by atoms with Gasteiger partial charge in [0.05, 0.1) is 24.3 Å². The van der Waals surface area contributed by atoms with Crippen LogP contribution in [0.2, 0.25) is 0 Å². The molecule has 31 heavy (non-hydrogen) atoms. The van der Waals surface area contributed by atoms with Crippen LogP contribution >= 0.6 is 0 Å². The Morgan fingerprint density at radius 2 is 1.55 bits per heavy atom. The largest absolute Gasteiger partial charge is 0.497 e. The van der Waals surface area contributed by atoms with Crippen LogP contribution in [-0.4, -0.2) is 23.7 Å². The molecule has 0 N–H and O–H groups in total. The zero-order valence-corrected chi connectivity index (χ0v) is 18.2. The average molecular weight is 415 g/mol. The number of rotatable bonds is 4. The van der Waals surface area contributed by atoms with Crippen molar-refractivity contribution in [3.63, 3.8) is 0 Å². The van der Waals surface area contributed by atoms with Crippen LogP contribution in [-0.2, 0) is 4.79 Å². The number of carbonyl (C=O) groups is 1. The second-order valence-electron chi connectivity index (χ2n) is 10.3. The first-order valence-corrected chi connectivity index (χ1v) is 11.7. The Bertz CT molecular complexity index is 976. The molecule has 4 fully saturated rings. The Labute approximate surface area is 184 Å². The molecule has 4 aliphatic carbocycles. The summed E-state index contributed by atoms with van der Waals surface area (Å²) in [5.74, 6) is 3.36. The van der Waals surface area contributed by atoms with Gasteiger partial charge in [-0.25, -0.2) is 5.01 Å². The number of hydrazone groups is 1. The molecule has 4 heteroatoms. The van der Waals surface area contributed by atoms with Gasteiger partial charge < -0.3 is 4.74 Å². The monoisotopic (exact) mass is 414 g/mol. The van der Waals surface area contributed by atoms with Gasteiger partial charge in [0.1, 0.15) is 5.75 Å². The van der Waals surface area contributed by atoms with Gasteiger partial charge in [0.15, 0.2) is 0 Å². The van der Waals surface area contributed by atoms with Crippen LogP contribution in [0, 0.1) is 23.2 Å². The highest BCUT2D eigenvalue weighted by atomic mass is 16.5. The molecule has 0 saturated heterocycles. The molecule has 2 aromatic rings. The fourth-order valence-electron chi connectivity index (χ4n) is 7.21. The smallest absolute Gasteiger partial charge is 0.249 e. The zero-order chi connectivity index (χ0) is 21.0. The van der Waals surface area contributed by atoms with Gasteiger partial charge in [0.25, 0.3) is 0 Å². The Kier molecular flexibility index (Phi) is 4.45. The van der Waals surface area contributed by atoms with Gasteiger partial charge in [0, 0.05) is 6.42 Å². The van der Waals surface area contributed by atoms with Crippen molar-refractivity contribution in [2.75, 3.05) is 7.11 Å². The van der Waals surface area contributed by atoms with Gasteiger partial charge in [-0.2, -0.15) is 5.10 Å². The van der Waals surface area contributed by atoms with E-state index in [9.17, 15) is 4.79 Å². The molecule has 1 amide bonds. The number of benzene rings is 2. The zero-order valence-electron chi connectivity index (χ0n) is 18.2. The van der Waals surface area contributed by atoms with Gasteiger partial charge in [0.2, 0.25) is 5.91 Å². The highest BCUT2D eigenvalue weighted by Crippen LogP contribution is 2.61. The minimum Gasteiger partial charge on any atom is -0.497 e. The van der Waals surface area contributed by atoms with E-state index in [1.54, 1.807) is 7.11 Å². The normalized spacial score (nSPS) is 33.5. The molecule has 2 aromatic carbocycles. The summed E-state index contributed by atoms with van der Waals surface area (Å²) in [6.07, 6.45) is 8.00. The van der Waals surface area contributed by atoms with E-state index in [0.29, 0.717) is 0 Å². The molecular formula is C27H30N2O2. The summed E-state index contributed by atoms with van der Waals surface area (Å²) in [5, 5.41) is 6.87. The SMILES string of the molecule is COc1ccc(C2=NN(C(=O)C34CC5CC(CC(C5)C3)C4)[C@H](c3ccccc3)C2)cc1. The predicted octanol–water partition coefficient (Wildman–Crippen LogP) is 5.59. The molecule has 0 radical (unpaired) electrons. The third kappa shape index (κ3) is 3.19. The first kappa shape index (κ1) is 19.1. The van der Waals surface area contributed by atoms with Crippen molar-refractivity contribution < 1.29 is 9.53 Å². The number of hydrogen-bond donors (Lipinski definition) is 0. The molecule has 0 aromatic heterocycles. The third-order valence-electron chi connectivity index (χ3n) is 8.22. The first-order chi connectivity index (χ1) is 15.1. The van der Waals surface area contributed by atoms with Crippen LogP contribution in [0.3, 0.4) is 0 Å². The van der Waals surface area contributed by atoms with E-state index < -0.39 is 0 Å². The number of amides is 1. The summed E-state index contributed by atoms with van der Waals surface area (Å²) in [6, 6.07) is 18.5. The Hall–Kier alpha value is -2.62. The highest BCUT2D eigenvalue weighted by molar-refractivity contribution is 6.03. The van der Waals surface area contributed by atoms with E-state index in [0.717, 1.165) is 60.5 Å². The van der Waals surface area contributed by atoms with Crippen molar-refractivity contribution in [1.29, 1.82) is 0 Å². The number of methoxy groups -OCH3 is 1. The lowest BCUT2D eigenvalue weighted by molar-refractivity contribution is -0.159. The van der Waals surface area contributed by atoms with E-state index in [2.05, 4.69) is 36.4 Å². The van der Waals surface area contributed by atoms with Crippen molar-refractivity contribution in [2.24, 2.45) is 28.3 Å². The minimum atomic E-state index is -0.180. The lowest BCUT2D eigenvalue weighted by atomic mass is 9.49. The fraction of sp³-hybridized carbons (Fsp3) is 0.481. The van der Waals surface area contributed by atoms with Crippen molar-refractivity contribution in [3.8, 4) is 5.75 Å². The Balaban J connectivity index is 1.36. The predicted molar refractivity (Wildman–Crippen MR) is 121 cm³/mol. The lowest BCUT2D eigenvalue weighted by Gasteiger charge is -2.56. The summed E-state index contributed by atoms with van der Waals surface area (Å²) in [4.78, 5) is 14.2. The van der Waals surface area contributed by atoms with Crippen LogP contribution < -0.4 is 4.74 Å². The molecule has 7 rings (SSSR count). The van der Waals surface area contributed by atoms with Crippen LogP contribution in [0.1, 0.15) is 62.1 Å². The van der Waals surface area contributed by atoms with E-state index in [1.165, 1.54) is 24.8 Å². The Morgan fingerprint density at radius 3 is 2.13 bits per heavy atom. The molecule has 0 unspecified atom stereocenters. The minimum absolute atomic E-state index is 0.0150. The van der Waals surface area contributed by atoms with Crippen molar-refractivity contribution in [3.05, 3.63) is 65.7 Å². The first-order valence-electron chi connectivity index (χ1n) is 11.7. The second kappa shape index (κ2) is 7.22. The number of nitrogens with zero attached hydrogens (tertiary/aromatic N) is 2. The second-order valence-corrected chi connectivity index (χ2v) is 10.3. The number of carbonyl (C=O) groups excluding carboxylic acids is 1.